The van der Waals surface area contributed by atoms with Crippen molar-refractivity contribution in [2.45, 2.75) is 6.92 Å². The van der Waals surface area contributed by atoms with Crippen LogP contribution in [0.25, 0.3) is 0 Å². The number of aryl methyl sites for hydroxylation is 2. The van der Waals surface area contributed by atoms with Crippen LogP contribution in [0.4, 0.5) is 0 Å². The Kier molecular flexibility index (Phi) is 2.94. The zero-order valence-corrected chi connectivity index (χ0v) is 8.85. The third kappa shape index (κ3) is 1.83. The van der Waals surface area contributed by atoms with E-state index in [1.807, 2.05) is 18.4 Å². The van der Waals surface area contributed by atoms with Crippen LogP contribution in [0, 0.1) is 6.92 Å². The fraction of sp³-hybridized carbons (Fsp3) is 0.500. The molecule has 0 unspecified atom stereocenters. The van der Waals surface area contributed by atoms with E-state index >= 15 is 0 Å². The van der Waals surface area contributed by atoms with Crippen molar-refractivity contribution in [3.63, 3.8) is 0 Å². The summed E-state index contributed by atoms with van der Waals surface area (Å²) in [4.78, 5) is 0. The Morgan fingerprint density at radius 2 is 2.20 bits per heavy atom. The van der Waals surface area contributed by atoms with Crippen LogP contribution < -0.4 is 5.04 Å². The summed E-state index contributed by atoms with van der Waals surface area (Å²) in [5, 5.41) is 5.18. The molecule has 0 aliphatic heterocycles. The highest BCUT2D eigenvalue weighted by Crippen LogP contribution is 2.48. The molecule has 6 heteroatoms. The van der Waals surface area contributed by atoms with Gasteiger partial charge >= 0.3 is 0 Å². The first-order valence-electron chi connectivity index (χ1n) is 2.61. The molecule has 0 saturated heterocycles. The molecule has 1 aromatic rings. The number of rotatable bonds is 1. The Labute approximate surface area is 72.0 Å². The van der Waals surface area contributed by atoms with Crippen molar-refractivity contribution >= 4 is 42.5 Å². The molecule has 2 nitrogen and oxygen atoms in total. The van der Waals surface area contributed by atoms with E-state index in [1.165, 1.54) is 0 Å². The maximum atomic E-state index is 5.72. The number of halogens is 2. The monoisotopic (exact) mass is 214 g/mol. The predicted molar refractivity (Wildman–Crippen MR) is 48.7 cm³/mol. The molecule has 0 saturated carbocycles. The minimum atomic E-state index is -0.991. The zero-order chi connectivity index (χ0) is 7.72. The Balaban J connectivity index is 3.03. The van der Waals surface area contributed by atoms with Crippen molar-refractivity contribution in [1.82, 2.24) is 9.54 Å². The maximum Gasteiger partial charge on any atom is 0.125 e. The van der Waals surface area contributed by atoms with Gasteiger partial charge in [0.2, 0.25) is 0 Å². The lowest BCUT2D eigenvalue weighted by Gasteiger charge is -1.92. The Morgan fingerprint density at radius 3 is 2.40 bits per heavy atom. The zero-order valence-electron chi connectivity index (χ0n) is 5.54. The fourth-order valence-electron chi connectivity index (χ4n) is 0.650. The van der Waals surface area contributed by atoms with Crippen LogP contribution in [-0.4, -0.2) is 9.54 Å². The topological polar surface area (TPSA) is 17.8 Å². The van der Waals surface area contributed by atoms with Gasteiger partial charge in [0.1, 0.15) is 6.63 Å². The quantitative estimate of drug-likeness (QED) is 0.658. The molecule has 0 amide bonds. The molecular weight excluding hydrogens is 209 g/mol. The van der Waals surface area contributed by atoms with Gasteiger partial charge in [-0.05, 0) is 6.92 Å². The molecule has 56 valence electrons. The second-order valence-electron chi connectivity index (χ2n) is 1.83. The molecule has 0 atom stereocenters. The second kappa shape index (κ2) is 3.36. The lowest BCUT2D eigenvalue weighted by atomic mass is 10.6. The summed E-state index contributed by atoms with van der Waals surface area (Å²) in [6.45, 7) is 0.931. The van der Waals surface area contributed by atoms with E-state index in [2.05, 4.69) is 5.10 Å². The Hall–Kier alpha value is 0.650. The first-order chi connectivity index (χ1) is 4.61. The first-order valence-corrected chi connectivity index (χ1v) is 6.61. The highest BCUT2D eigenvalue weighted by Gasteiger charge is 2.11. The van der Waals surface area contributed by atoms with Gasteiger partial charge in [-0.1, -0.05) is 22.5 Å². The average Bonchev–Trinajstić information content (AvgIpc) is 2.10. The van der Waals surface area contributed by atoms with Gasteiger partial charge in [0.15, 0.2) is 0 Å². The normalized spacial score (nSPS) is 11.7. The van der Waals surface area contributed by atoms with E-state index in [9.17, 15) is 0 Å². The van der Waals surface area contributed by atoms with Gasteiger partial charge in [-0.2, -0.15) is 5.10 Å². The summed E-state index contributed by atoms with van der Waals surface area (Å²) in [5.41, 5.74) is 0.959. The first kappa shape index (κ1) is 8.74. The van der Waals surface area contributed by atoms with E-state index in [4.69, 9.17) is 22.5 Å². The molecular formula is C4H6Cl2N2P2. The highest BCUT2D eigenvalue weighted by atomic mass is 35.9. The fourth-order valence-corrected chi connectivity index (χ4v) is 3.58. The van der Waals surface area contributed by atoms with Gasteiger partial charge < -0.3 is 0 Å². The van der Waals surface area contributed by atoms with E-state index in [1.54, 1.807) is 0 Å². The van der Waals surface area contributed by atoms with Gasteiger partial charge in [0.25, 0.3) is 0 Å². The number of aromatic nitrogens is 2. The van der Waals surface area contributed by atoms with Crippen molar-refractivity contribution < 1.29 is 0 Å². The minimum Gasteiger partial charge on any atom is -0.249 e. The van der Waals surface area contributed by atoms with Gasteiger partial charge in [-0.25, -0.2) is 4.44 Å². The highest BCUT2D eigenvalue weighted by molar-refractivity contribution is 8.11. The second-order valence-corrected chi connectivity index (χ2v) is 6.87. The molecule has 0 aromatic carbocycles. The number of nitrogens with zero attached hydrogens (tertiary/aromatic N) is 2. The van der Waals surface area contributed by atoms with Crippen molar-refractivity contribution in [3.05, 3.63) is 5.69 Å². The van der Waals surface area contributed by atoms with Crippen LogP contribution in [-0.2, 0) is 7.05 Å². The average molecular weight is 215 g/mol. The molecule has 1 rings (SSSR count). The molecule has 1 aromatic heterocycles. The summed E-state index contributed by atoms with van der Waals surface area (Å²) in [6, 6.07) is 0. The van der Waals surface area contributed by atoms with Gasteiger partial charge in [-0.15, -0.1) is 0 Å². The minimum absolute atomic E-state index is 0.959. The van der Waals surface area contributed by atoms with Crippen LogP contribution in [0.3, 0.4) is 0 Å². The smallest absolute Gasteiger partial charge is 0.125 e. The van der Waals surface area contributed by atoms with E-state index in [0.717, 1.165) is 19.1 Å². The molecule has 0 aliphatic carbocycles. The summed E-state index contributed by atoms with van der Waals surface area (Å²) in [7, 11) is 2.91. The standard InChI is InChI=1S/C4H6Cl2N2P2/c1-3-4(10(5)6)9-8(2)7-3/h1-2H3. The summed E-state index contributed by atoms with van der Waals surface area (Å²) in [6.07, 6.45) is 0. The Bertz CT molecular complexity index is 235. The molecule has 10 heavy (non-hydrogen) atoms. The largest absolute Gasteiger partial charge is 0.249 e. The molecule has 0 bridgehead atoms. The molecule has 0 aliphatic rings. The molecule has 0 radical (unpaired) electrons. The van der Waals surface area contributed by atoms with Crippen LogP contribution in [0.2, 0.25) is 0 Å². The third-order valence-electron chi connectivity index (χ3n) is 1.02. The molecule has 0 N–H and O–H groups in total. The molecule has 0 spiro atoms. The lowest BCUT2D eigenvalue weighted by Crippen LogP contribution is -1.90. The number of hydrogen-bond donors (Lipinski definition) is 0. The van der Waals surface area contributed by atoms with Crippen LogP contribution in [0.5, 0.6) is 0 Å². The molecule has 0 fully saturated rings. The third-order valence-corrected chi connectivity index (χ3v) is 5.14. The number of hydrogen-bond acceptors (Lipinski definition) is 1. The van der Waals surface area contributed by atoms with E-state index in [0.29, 0.717) is 0 Å². The van der Waals surface area contributed by atoms with Gasteiger partial charge in [0.05, 0.1) is 10.7 Å². The summed E-state index contributed by atoms with van der Waals surface area (Å²) >= 11 is 11.4. The van der Waals surface area contributed by atoms with Crippen molar-refractivity contribution in [1.29, 1.82) is 0 Å². The SMILES string of the molecule is Cc1nn(C)pc1P(Cl)Cl. The summed E-state index contributed by atoms with van der Waals surface area (Å²) < 4.78 is 1.81. The maximum absolute atomic E-state index is 5.72. The van der Waals surface area contributed by atoms with Crippen LogP contribution >= 0.6 is 37.5 Å². The lowest BCUT2D eigenvalue weighted by molar-refractivity contribution is 0.825. The van der Waals surface area contributed by atoms with Crippen molar-refractivity contribution in [3.8, 4) is 0 Å². The van der Waals surface area contributed by atoms with E-state index in [-0.39, 0.29) is 0 Å². The van der Waals surface area contributed by atoms with Crippen LogP contribution in [0.15, 0.2) is 0 Å². The van der Waals surface area contributed by atoms with Gasteiger partial charge in [0, 0.05) is 15.4 Å². The predicted octanol–water partition coefficient (Wildman–Crippen LogP) is 2.72. The van der Waals surface area contributed by atoms with Crippen molar-refractivity contribution in [2.24, 2.45) is 7.05 Å². The Morgan fingerprint density at radius 1 is 1.60 bits per heavy atom. The van der Waals surface area contributed by atoms with Crippen LogP contribution in [0.1, 0.15) is 5.69 Å². The van der Waals surface area contributed by atoms with Gasteiger partial charge in [-0.3, -0.25) is 0 Å². The van der Waals surface area contributed by atoms with Crippen molar-refractivity contribution in [2.75, 3.05) is 0 Å². The molecule has 1 heterocycles. The van der Waals surface area contributed by atoms with E-state index < -0.39 is 6.63 Å². The summed E-state index contributed by atoms with van der Waals surface area (Å²) in [5.74, 6) is 0.